The van der Waals surface area contributed by atoms with Crippen molar-refractivity contribution in [2.45, 2.75) is 18.9 Å². The number of carbonyl (C=O) groups excluding carboxylic acids is 1. The Hall–Kier alpha value is -3.25. The van der Waals surface area contributed by atoms with E-state index < -0.39 is 0 Å². The summed E-state index contributed by atoms with van der Waals surface area (Å²) in [4.78, 5) is 12.9. The van der Waals surface area contributed by atoms with Gasteiger partial charge in [-0.1, -0.05) is 24.3 Å². The molecule has 5 rings (SSSR count). The number of hydrogen-bond acceptors (Lipinski definition) is 4. The molecule has 0 saturated heterocycles. The van der Waals surface area contributed by atoms with E-state index in [-0.39, 0.29) is 18.6 Å². The summed E-state index contributed by atoms with van der Waals surface area (Å²) in [5.41, 5.74) is 4.53. The van der Waals surface area contributed by atoms with Gasteiger partial charge in [-0.25, -0.2) is 0 Å². The molecule has 2 aromatic heterocycles. The van der Waals surface area contributed by atoms with Crippen LogP contribution in [0.3, 0.4) is 0 Å². The van der Waals surface area contributed by atoms with Gasteiger partial charge in [0.2, 0.25) is 12.7 Å². The largest absolute Gasteiger partial charge is 0.454 e. The van der Waals surface area contributed by atoms with Crippen molar-refractivity contribution in [3.8, 4) is 11.5 Å². The molecule has 4 aromatic rings. The number of rotatable bonds is 6. The number of nitrogens with zero attached hydrogens (tertiary/aromatic N) is 1. The fourth-order valence-corrected chi connectivity index (χ4v) is 4.75. The minimum atomic E-state index is 0.0131. The van der Waals surface area contributed by atoms with Crippen LogP contribution in [0.15, 0.2) is 65.5 Å². The lowest BCUT2D eigenvalue weighted by Crippen LogP contribution is -2.24. The van der Waals surface area contributed by atoms with Crippen molar-refractivity contribution in [2.75, 3.05) is 6.79 Å². The van der Waals surface area contributed by atoms with Crippen molar-refractivity contribution in [3.05, 3.63) is 82.2 Å². The third-order valence-corrected chi connectivity index (χ3v) is 6.27. The van der Waals surface area contributed by atoms with Gasteiger partial charge in [0.1, 0.15) is 0 Å². The van der Waals surface area contributed by atoms with Crippen molar-refractivity contribution in [2.24, 2.45) is 7.05 Å². The van der Waals surface area contributed by atoms with E-state index in [4.69, 9.17) is 9.47 Å². The average Bonchev–Trinajstić information content (AvgIpc) is 3.51. The lowest BCUT2D eigenvalue weighted by atomic mass is 9.89. The molecule has 1 amide bonds. The van der Waals surface area contributed by atoms with E-state index in [0.717, 1.165) is 17.1 Å². The second-order valence-electron chi connectivity index (χ2n) is 7.49. The Kier molecular flexibility index (Phi) is 4.93. The maximum atomic E-state index is 12.9. The van der Waals surface area contributed by atoms with Gasteiger partial charge in [0.25, 0.3) is 0 Å². The summed E-state index contributed by atoms with van der Waals surface area (Å²) in [5, 5.41) is 8.47. The second kappa shape index (κ2) is 7.88. The predicted molar refractivity (Wildman–Crippen MR) is 118 cm³/mol. The first-order valence-electron chi connectivity index (χ1n) is 9.90. The van der Waals surface area contributed by atoms with Crippen molar-refractivity contribution < 1.29 is 14.3 Å². The SMILES string of the molecule is Cn1cc(C(CC(=O)NCc2ccc3c(c2)OCO3)c2ccsc2)c2ccccc21. The van der Waals surface area contributed by atoms with E-state index in [1.807, 2.05) is 24.3 Å². The molecule has 30 heavy (non-hydrogen) atoms. The van der Waals surface area contributed by atoms with E-state index in [9.17, 15) is 4.79 Å². The van der Waals surface area contributed by atoms with E-state index in [1.54, 1.807) is 11.3 Å². The Labute approximate surface area is 178 Å². The quantitative estimate of drug-likeness (QED) is 0.489. The van der Waals surface area contributed by atoms with Crippen LogP contribution in [0.2, 0.25) is 0 Å². The van der Waals surface area contributed by atoms with Gasteiger partial charge in [-0.15, -0.1) is 0 Å². The second-order valence-corrected chi connectivity index (χ2v) is 8.27. The highest BCUT2D eigenvalue weighted by Crippen LogP contribution is 2.35. The number of thiophene rings is 1. The number of hydrogen-bond donors (Lipinski definition) is 1. The zero-order chi connectivity index (χ0) is 20.5. The molecular weight excluding hydrogens is 396 g/mol. The van der Waals surface area contributed by atoms with E-state index in [1.165, 1.54) is 22.0 Å². The van der Waals surface area contributed by atoms with Crippen molar-refractivity contribution in [3.63, 3.8) is 0 Å². The molecule has 3 heterocycles. The Balaban J connectivity index is 1.36. The van der Waals surface area contributed by atoms with E-state index in [2.05, 4.69) is 58.2 Å². The molecule has 6 heteroatoms. The van der Waals surface area contributed by atoms with Gasteiger partial charge in [0.05, 0.1) is 0 Å². The van der Waals surface area contributed by atoms with Crippen LogP contribution in [0, 0.1) is 0 Å². The van der Waals surface area contributed by atoms with Crippen LogP contribution in [0.5, 0.6) is 11.5 Å². The summed E-state index contributed by atoms with van der Waals surface area (Å²) < 4.78 is 12.9. The number of aromatic nitrogens is 1. The van der Waals surface area contributed by atoms with Gasteiger partial charge in [0.15, 0.2) is 11.5 Å². The number of amides is 1. The number of nitrogens with one attached hydrogen (secondary N) is 1. The standard InChI is InChI=1S/C24H22N2O3S/c1-26-13-20(18-4-2-3-5-21(18)26)19(17-8-9-30-14-17)11-24(27)25-12-16-6-7-22-23(10-16)29-15-28-22/h2-10,13-14,19H,11-12,15H2,1H3,(H,25,27). The van der Waals surface area contributed by atoms with Gasteiger partial charge in [-0.05, 0) is 51.7 Å². The zero-order valence-electron chi connectivity index (χ0n) is 16.6. The molecule has 0 aliphatic carbocycles. The maximum Gasteiger partial charge on any atom is 0.231 e. The molecule has 0 fully saturated rings. The lowest BCUT2D eigenvalue weighted by molar-refractivity contribution is -0.121. The maximum absolute atomic E-state index is 12.9. The fourth-order valence-electron chi connectivity index (χ4n) is 4.04. The summed E-state index contributed by atoms with van der Waals surface area (Å²) in [7, 11) is 2.05. The smallest absolute Gasteiger partial charge is 0.231 e. The normalized spacial score (nSPS) is 13.5. The van der Waals surface area contributed by atoms with E-state index >= 15 is 0 Å². The summed E-state index contributed by atoms with van der Waals surface area (Å²) in [6, 6.07) is 16.2. The topological polar surface area (TPSA) is 52.5 Å². The van der Waals surface area contributed by atoms with E-state index in [0.29, 0.717) is 13.0 Å². The Morgan fingerprint density at radius 1 is 1.17 bits per heavy atom. The Bertz CT molecular complexity index is 1200. The first kappa shape index (κ1) is 18.8. The lowest BCUT2D eigenvalue weighted by Gasteiger charge is -2.16. The van der Waals surface area contributed by atoms with Gasteiger partial charge in [0, 0.05) is 43.0 Å². The van der Waals surface area contributed by atoms with Crippen LogP contribution in [0.1, 0.15) is 29.0 Å². The molecule has 1 atom stereocenters. The molecule has 1 aliphatic rings. The minimum absolute atomic E-state index is 0.0131. The molecule has 5 nitrogen and oxygen atoms in total. The number of aryl methyl sites for hydroxylation is 1. The van der Waals surface area contributed by atoms with Gasteiger partial charge in [-0.2, -0.15) is 11.3 Å². The highest BCUT2D eigenvalue weighted by molar-refractivity contribution is 7.08. The molecule has 0 radical (unpaired) electrons. The Morgan fingerprint density at radius 3 is 2.90 bits per heavy atom. The molecule has 2 aromatic carbocycles. The fraction of sp³-hybridized carbons (Fsp3) is 0.208. The summed E-state index contributed by atoms with van der Waals surface area (Å²) in [6.07, 6.45) is 2.55. The third kappa shape index (κ3) is 3.55. The zero-order valence-corrected chi connectivity index (χ0v) is 17.4. The van der Waals surface area contributed by atoms with Crippen LogP contribution < -0.4 is 14.8 Å². The minimum Gasteiger partial charge on any atom is -0.454 e. The van der Waals surface area contributed by atoms with Crippen LogP contribution in [0.25, 0.3) is 10.9 Å². The molecule has 0 saturated carbocycles. The van der Waals surface area contributed by atoms with Crippen LogP contribution >= 0.6 is 11.3 Å². The van der Waals surface area contributed by atoms with Crippen LogP contribution in [-0.2, 0) is 18.4 Å². The van der Waals surface area contributed by atoms with Gasteiger partial charge in [-0.3, -0.25) is 4.79 Å². The average molecular weight is 419 g/mol. The molecule has 1 N–H and O–H groups in total. The van der Waals surface area contributed by atoms with Crippen molar-refractivity contribution in [1.29, 1.82) is 0 Å². The highest BCUT2D eigenvalue weighted by atomic mass is 32.1. The van der Waals surface area contributed by atoms with Crippen LogP contribution in [0.4, 0.5) is 0 Å². The molecule has 1 aliphatic heterocycles. The number of para-hydroxylation sites is 1. The first-order chi connectivity index (χ1) is 14.7. The van der Waals surface area contributed by atoms with Crippen LogP contribution in [-0.4, -0.2) is 17.3 Å². The highest BCUT2D eigenvalue weighted by Gasteiger charge is 2.22. The van der Waals surface area contributed by atoms with Crippen molar-refractivity contribution in [1.82, 2.24) is 9.88 Å². The number of benzene rings is 2. The number of ether oxygens (including phenoxy) is 2. The van der Waals surface area contributed by atoms with Gasteiger partial charge < -0.3 is 19.4 Å². The summed E-state index contributed by atoms with van der Waals surface area (Å²) >= 11 is 1.66. The van der Waals surface area contributed by atoms with Crippen molar-refractivity contribution >= 4 is 28.1 Å². The Morgan fingerprint density at radius 2 is 2.03 bits per heavy atom. The number of carbonyl (C=O) groups is 1. The monoisotopic (exact) mass is 418 g/mol. The first-order valence-corrected chi connectivity index (χ1v) is 10.8. The summed E-state index contributed by atoms with van der Waals surface area (Å²) in [6.45, 7) is 0.708. The molecule has 0 spiro atoms. The molecule has 0 bridgehead atoms. The third-order valence-electron chi connectivity index (χ3n) is 5.56. The summed E-state index contributed by atoms with van der Waals surface area (Å²) in [5.74, 6) is 1.52. The van der Waals surface area contributed by atoms with Gasteiger partial charge >= 0.3 is 0 Å². The molecule has 152 valence electrons. The predicted octanol–water partition coefficient (Wildman–Crippen LogP) is 4.81. The molecule has 1 unspecified atom stereocenters. The number of fused-ring (bicyclic) bond motifs is 2. The molecular formula is C24H22N2O3S.